The van der Waals surface area contributed by atoms with Gasteiger partial charge in [0.25, 0.3) is 0 Å². The van der Waals surface area contributed by atoms with Gasteiger partial charge in [-0.1, -0.05) is 25.1 Å². The highest BCUT2D eigenvalue weighted by atomic mass is 32.2. The number of hydrogen-bond acceptors (Lipinski definition) is 5. The number of thioether (sulfide) groups is 1. The van der Waals surface area contributed by atoms with Crippen LogP contribution in [0.4, 0.5) is 0 Å². The molecule has 5 nitrogen and oxygen atoms in total. The van der Waals surface area contributed by atoms with E-state index in [-0.39, 0.29) is 11.2 Å². The van der Waals surface area contributed by atoms with E-state index in [1.165, 1.54) is 11.8 Å². The Hall–Kier alpha value is -1.04. The van der Waals surface area contributed by atoms with Crippen LogP contribution in [0.5, 0.6) is 0 Å². The van der Waals surface area contributed by atoms with Crippen molar-refractivity contribution in [3.05, 3.63) is 5.82 Å². The van der Waals surface area contributed by atoms with Gasteiger partial charge in [-0.25, -0.2) is 0 Å². The summed E-state index contributed by atoms with van der Waals surface area (Å²) in [4.78, 5) is 11.8. The monoisotopic (exact) mass is 257 g/mol. The fourth-order valence-electron chi connectivity index (χ4n) is 1.34. The van der Waals surface area contributed by atoms with Crippen LogP contribution >= 0.6 is 11.8 Å². The molecule has 17 heavy (non-hydrogen) atoms. The molecule has 0 radical (unpaired) electrons. The molecule has 6 heteroatoms. The minimum atomic E-state index is -0.192. The lowest BCUT2D eigenvalue weighted by Crippen LogP contribution is -2.20. The molecule has 1 unspecified atom stereocenters. The SMILES string of the molecule is CCCC(Sc1nnc(C)n1C)C(=O)OCC. The molecule has 0 N–H and O–H groups in total. The van der Waals surface area contributed by atoms with Gasteiger partial charge in [-0.05, 0) is 20.3 Å². The Morgan fingerprint density at radius 3 is 2.65 bits per heavy atom. The maximum absolute atomic E-state index is 11.8. The lowest BCUT2D eigenvalue weighted by molar-refractivity contribution is -0.142. The Morgan fingerprint density at radius 2 is 2.18 bits per heavy atom. The quantitative estimate of drug-likeness (QED) is 0.576. The van der Waals surface area contributed by atoms with Gasteiger partial charge >= 0.3 is 5.97 Å². The molecule has 1 rings (SSSR count). The van der Waals surface area contributed by atoms with Gasteiger partial charge in [0.05, 0.1) is 6.61 Å². The predicted octanol–water partition coefficient (Wildman–Crippen LogP) is 1.95. The fraction of sp³-hybridized carbons (Fsp3) is 0.727. The van der Waals surface area contributed by atoms with E-state index in [1.54, 1.807) is 0 Å². The number of carbonyl (C=O) groups is 1. The molecular weight excluding hydrogens is 238 g/mol. The fourth-order valence-corrected chi connectivity index (χ4v) is 2.49. The molecule has 0 amide bonds. The lowest BCUT2D eigenvalue weighted by Gasteiger charge is -2.13. The molecular formula is C11H19N3O2S. The second-order valence-corrected chi connectivity index (χ2v) is 4.91. The number of ether oxygens (including phenoxy) is 1. The largest absolute Gasteiger partial charge is 0.465 e. The molecule has 96 valence electrons. The highest BCUT2D eigenvalue weighted by molar-refractivity contribution is 8.00. The van der Waals surface area contributed by atoms with Crippen molar-refractivity contribution >= 4 is 17.7 Å². The molecule has 0 bridgehead atoms. The third kappa shape index (κ3) is 3.73. The van der Waals surface area contributed by atoms with E-state index in [1.807, 2.05) is 25.5 Å². The first kappa shape index (κ1) is 14.0. The van der Waals surface area contributed by atoms with Crippen LogP contribution in [0.3, 0.4) is 0 Å². The van der Waals surface area contributed by atoms with Gasteiger partial charge in [0.1, 0.15) is 11.1 Å². The maximum Gasteiger partial charge on any atom is 0.319 e. The van der Waals surface area contributed by atoms with Crippen molar-refractivity contribution in [1.82, 2.24) is 14.8 Å². The zero-order chi connectivity index (χ0) is 12.8. The number of rotatable bonds is 6. The van der Waals surface area contributed by atoms with Gasteiger partial charge in [0.15, 0.2) is 5.16 Å². The van der Waals surface area contributed by atoms with Crippen LogP contribution in [0.2, 0.25) is 0 Å². The predicted molar refractivity (Wildman–Crippen MR) is 66.9 cm³/mol. The van der Waals surface area contributed by atoms with Crippen LogP contribution in [-0.4, -0.2) is 32.6 Å². The molecule has 0 aliphatic heterocycles. The smallest absolute Gasteiger partial charge is 0.319 e. The van der Waals surface area contributed by atoms with E-state index in [4.69, 9.17) is 4.74 Å². The first-order valence-corrected chi connectivity index (χ1v) is 6.67. The van der Waals surface area contributed by atoms with Gasteiger partial charge in [-0.3, -0.25) is 4.79 Å². The van der Waals surface area contributed by atoms with Gasteiger partial charge in [0.2, 0.25) is 0 Å². The van der Waals surface area contributed by atoms with E-state index >= 15 is 0 Å². The molecule has 1 aromatic rings. The highest BCUT2D eigenvalue weighted by Gasteiger charge is 2.22. The zero-order valence-corrected chi connectivity index (χ0v) is 11.6. The van der Waals surface area contributed by atoms with Crippen LogP contribution in [0.25, 0.3) is 0 Å². The number of carbonyl (C=O) groups excluding carboxylic acids is 1. The average molecular weight is 257 g/mol. The van der Waals surface area contributed by atoms with E-state index in [0.29, 0.717) is 6.61 Å². The lowest BCUT2D eigenvalue weighted by atomic mass is 10.2. The summed E-state index contributed by atoms with van der Waals surface area (Å²) < 4.78 is 6.94. The zero-order valence-electron chi connectivity index (χ0n) is 10.8. The molecule has 0 aromatic carbocycles. The van der Waals surface area contributed by atoms with Crippen molar-refractivity contribution < 1.29 is 9.53 Å². The second kappa shape index (κ2) is 6.64. The number of hydrogen-bond donors (Lipinski definition) is 0. The standard InChI is InChI=1S/C11H19N3O2S/c1-5-7-9(10(15)16-6-2)17-11-13-12-8(3)14(11)4/h9H,5-7H2,1-4H3. The Labute approximate surface area is 106 Å². The van der Waals surface area contributed by atoms with Crippen molar-refractivity contribution in [2.75, 3.05) is 6.61 Å². The van der Waals surface area contributed by atoms with Crippen molar-refractivity contribution in [3.63, 3.8) is 0 Å². The topological polar surface area (TPSA) is 57.0 Å². The van der Waals surface area contributed by atoms with E-state index in [2.05, 4.69) is 17.1 Å². The summed E-state index contributed by atoms with van der Waals surface area (Å²) in [5, 5.41) is 8.59. The summed E-state index contributed by atoms with van der Waals surface area (Å²) in [7, 11) is 1.89. The molecule has 0 saturated heterocycles. The molecule has 0 spiro atoms. The van der Waals surface area contributed by atoms with Crippen molar-refractivity contribution in [1.29, 1.82) is 0 Å². The van der Waals surface area contributed by atoms with Crippen molar-refractivity contribution in [2.45, 2.75) is 44.0 Å². The van der Waals surface area contributed by atoms with E-state index in [9.17, 15) is 4.79 Å². The highest BCUT2D eigenvalue weighted by Crippen LogP contribution is 2.25. The molecule has 0 fully saturated rings. The van der Waals surface area contributed by atoms with Crippen molar-refractivity contribution in [3.8, 4) is 0 Å². The summed E-state index contributed by atoms with van der Waals surface area (Å²) in [5.74, 6) is 0.673. The van der Waals surface area contributed by atoms with Gasteiger partial charge in [-0.2, -0.15) is 0 Å². The molecule has 0 aliphatic rings. The molecule has 1 atom stereocenters. The summed E-state index contributed by atoms with van der Waals surface area (Å²) in [6, 6.07) is 0. The minimum Gasteiger partial charge on any atom is -0.465 e. The minimum absolute atomic E-state index is 0.167. The van der Waals surface area contributed by atoms with E-state index < -0.39 is 0 Å². The second-order valence-electron chi connectivity index (χ2n) is 3.74. The van der Waals surface area contributed by atoms with Crippen molar-refractivity contribution in [2.24, 2.45) is 7.05 Å². The van der Waals surface area contributed by atoms with Gasteiger partial charge < -0.3 is 9.30 Å². The van der Waals surface area contributed by atoms with Crippen LogP contribution in [0.15, 0.2) is 5.16 Å². The normalized spacial score (nSPS) is 12.5. The van der Waals surface area contributed by atoms with Crippen LogP contribution in [0.1, 0.15) is 32.5 Å². The third-order valence-corrected chi connectivity index (χ3v) is 3.68. The van der Waals surface area contributed by atoms with Crippen LogP contribution in [-0.2, 0) is 16.6 Å². The summed E-state index contributed by atoms with van der Waals surface area (Å²) in [6.45, 7) is 6.17. The Morgan fingerprint density at radius 1 is 1.47 bits per heavy atom. The molecule has 1 heterocycles. The Balaban J connectivity index is 2.72. The Kier molecular flexibility index (Phi) is 5.47. The van der Waals surface area contributed by atoms with Gasteiger partial charge in [0, 0.05) is 7.05 Å². The van der Waals surface area contributed by atoms with Crippen LogP contribution < -0.4 is 0 Å². The average Bonchev–Trinajstić information content (AvgIpc) is 2.60. The molecule has 0 saturated carbocycles. The maximum atomic E-state index is 11.8. The third-order valence-electron chi connectivity index (χ3n) is 2.40. The first-order valence-electron chi connectivity index (χ1n) is 5.79. The Bertz CT molecular complexity index is 379. The van der Waals surface area contributed by atoms with E-state index in [0.717, 1.165) is 23.8 Å². The number of nitrogens with zero attached hydrogens (tertiary/aromatic N) is 3. The first-order chi connectivity index (χ1) is 8.10. The number of aromatic nitrogens is 3. The molecule has 1 aromatic heterocycles. The number of aryl methyl sites for hydroxylation is 1. The summed E-state index contributed by atoms with van der Waals surface area (Å²) in [6.07, 6.45) is 1.72. The van der Waals surface area contributed by atoms with Crippen LogP contribution in [0, 0.1) is 6.92 Å². The number of esters is 1. The summed E-state index contributed by atoms with van der Waals surface area (Å²) >= 11 is 1.42. The summed E-state index contributed by atoms with van der Waals surface area (Å²) in [5.41, 5.74) is 0. The van der Waals surface area contributed by atoms with Gasteiger partial charge in [-0.15, -0.1) is 10.2 Å². The molecule has 0 aliphatic carbocycles.